The first-order valence-electron chi connectivity index (χ1n) is 10.4. The van der Waals surface area contributed by atoms with Gasteiger partial charge in [-0.25, -0.2) is 9.97 Å². The lowest BCUT2D eigenvalue weighted by Crippen LogP contribution is -2.41. The predicted octanol–water partition coefficient (Wildman–Crippen LogP) is 3.80. The maximum Gasteiger partial charge on any atom is 0.431 e. The fourth-order valence-electron chi connectivity index (χ4n) is 4.04. The van der Waals surface area contributed by atoms with Crippen LogP contribution in [-0.2, 0) is 17.5 Å². The van der Waals surface area contributed by atoms with E-state index in [2.05, 4.69) is 9.97 Å². The molecule has 0 bridgehead atoms. The van der Waals surface area contributed by atoms with Crippen LogP contribution in [0.25, 0.3) is 11.3 Å². The van der Waals surface area contributed by atoms with Gasteiger partial charge in [-0.05, 0) is 18.1 Å². The van der Waals surface area contributed by atoms with E-state index in [-0.39, 0.29) is 34.9 Å². The first-order chi connectivity index (χ1) is 15.8. The number of ether oxygens (including phenoxy) is 2. The summed E-state index contributed by atoms with van der Waals surface area (Å²) in [5, 5.41) is 0. The molecule has 1 aliphatic rings. The zero-order valence-electron chi connectivity index (χ0n) is 18.2. The number of benzene rings is 1. The largest absolute Gasteiger partial charge is 0.480 e. The number of halogens is 3. The van der Waals surface area contributed by atoms with Gasteiger partial charge in [-0.2, -0.15) is 13.2 Å². The Morgan fingerprint density at radius 2 is 1.82 bits per heavy atom. The van der Waals surface area contributed by atoms with E-state index in [1.807, 2.05) is 0 Å². The van der Waals surface area contributed by atoms with Gasteiger partial charge in [0.1, 0.15) is 11.4 Å². The number of carbonyl (C=O) groups excluding carboxylic acids is 1. The third-order valence-electron chi connectivity index (χ3n) is 5.55. The Balaban J connectivity index is 1.96. The van der Waals surface area contributed by atoms with Crippen molar-refractivity contribution in [1.29, 1.82) is 0 Å². The molecule has 1 fully saturated rings. The van der Waals surface area contributed by atoms with Gasteiger partial charge in [0.05, 0.1) is 38.4 Å². The molecular weight excluding hydrogens is 437 g/mol. The maximum absolute atomic E-state index is 14.3. The Morgan fingerprint density at radius 1 is 1.12 bits per heavy atom. The Labute approximate surface area is 188 Å². The molecule has 10 heteroatoms. The van der Waals surface area contributed by atoms with Crippen LogP contribution in [0.1, 0.15) is 27.3 Å². The average molecular weight is 460 g/mol. The van der Waals surface area contributed by atoms with Gasteiger partial charge in [-0.1, -0.05) is 30.3 Å². The van der Waals surface area contributed by atoms with Crippen molar-refractivity contribution in [3.8, 4) is 17.1 Å². The summed E-state index contributed by atoms with van der Waals surface area (Å²) in [6, 6.07) is 8.74. The third kappa shape index (κ3) is 4.56. The molecular formula is C23H23F3N4O3. The van der Waals surface area contributed by atoms with E-state index in [4.69, 9.17) is 9.47 Å². The van der Waals surface area contributed by atoms with Crippen molar-refractivity contribution in [2.75, 3.05) is 33.4 Å². The van der Waals surface area contributed by atoms with Crippen molar-refractivity contribution in [2.24, 2.45) is 0 Å². The van der Waals surface area contributed by atoms with E-state index in [0.29, 0.717) is 31.9 Å². The SMILES string of the molecule is COc1cnc(-c2c(C)c(C(F)(F)F)n(Cc3ccccc3)c2C(=O)N2CCOCC2)cn1. The molecule has 1 saturated heterocycles. The van der Waals surface area contributed by atoms with Crippen molar-refractivity contribution in [3.05, 3.63) is 65.2 Å². The molecule has 1 aliphatic heterocycles. The smallest absolute Gasteiger partial charge is 0.431 e. The number of hydrogen-bond acceptors (Lipinski definition) is 5. The molecule has 0 saturated carbocycles. The van der Waals surface area contributed by atoms with Gasteiger partial charge < -0.3 is 18.9 Å². The van der Waals surface area contributed by atoms with Crippen LogP contribution in [0.2, 0.25) is 0 Å². The lowest BCUT2D eigenvalue weighted by molar-refractivity contribution is -0.143. The summed E-state index contributed by atoms with van der Waals surface area (Å²) in [7, 11) is 1.42. The third-order valence-corrected chi connectivity index (χ3v) is 5.55. The van der Waals surface area contributed by atoms with Gasteiger partial charge >= 0.3 is 6.18 Å². The maximum atomic E-state index is 14.3. The zero-order valence-corrected chi connectivity index (χ0v) is 18.2. The summed E-state index contributed by atoms with van der Waals surface area (Å²) in [5.74, 6) is -0.280. The number of morpholine rings is 1. The normalized spacial score (nSPS) is 14.4. The minimum absolute atomic E-state index is 0.0648. The van der Waals surface area contributed by atoms with Gasteiger partial charge in [-0.15, -0.1) is 0 Å². The second kappa shape index (κ2) is 9.22. The summed E-state index contributed by atoms with van der Waals surface area (Å²) in [6.07, 6.45) is -2.04. The molecule has 7 nitrogen and oxygen atoms in total. The second-order valence-corrected chi connectivity index (χ2v) is 7.62. The topological polar surface area (TPSA) is 69.5 Å². The Morgan fingerprint density at radius 3 is 2.39 bits per heavy atom. The van der Waals surface area contributed by atoms with Crippen LogP contribution in [0.3, 0.4) is 0 Å². The Hall–Kier alpha value is -3.40. The molecule has 3 heterocycles. The minimum atomic E-state index is -4.68. The number of methoxy groups -OCH3 is 1. The van der Waals surface area contributed by atoms with E-state index in [9.17, 15) is 18.0 Å². The molecule has 174 valence electrons. The molecule has 0 N–H and O–H groups in total. The summed E-state index contributed by atoms with van der Waals surface area (Å²) in [6.45, 7) is 2.49. The van der Waals surface area contributed by atoms with Crippen LogP contribution in [-0.4, -0.2) is 58.8 Å². The van der Waals surface area contributed by atoms with Crippen LogP contribution in [0.15, 0.2) is 42.7 Å². The Bertz CT molecular complexity index is 1120. The molecule has 0 radical (unpaired) electrons. The van der Waals surface area contributed by atoms with Gasteiger partial charge in [0.15, 0.2) is 0 Å². The number of rotatable bonds is 5. The molecule has 4 rings (SSSR count). The quantitative estimate of drug-likeness (QED) is 0.579. The molecule has 2 aromatic heterocycles. The number of carbonyl (C=O) groups is 1. The van der Waals surface area contributed by atoms with Gasteiger partial charge in [0.25, 0.3) is 5.91 Å². The molecule has 0 aliphatic carbocycles. The molecule has 1 aromatic carbocycles. The van der Waals surface area contributed by atoms with Gasteiger partial charge in [0.2, 0.25) is 5.88 Å². The van der Waals surface area contributed by atoms with Crippen LogP contribution in [0, 0.1) is 6.92 Å². The molecule has 0 spiro atoms. The van der Waals surface area contributed by atoms with Crippen LogP contribution in [0.5, 0.6) is 5.88 Å². The number of aromatic nitrogens is 3. The first kappa shape index (κ1) is 22.8. The second-order valence-electron chi connectivity index (χ2n) is 7.62. The highest BCUT2D eigenvalue weighted by Crippen LogP contribution is 2.41. The van der Waals surface area contributed by atoms with Crippen molar-refractivity contribution in [3.63, 3.8) is 0 Å². The number of alkyl halides is 3. The monoisotopic (exact) mass is 460 g/mol. The molecule has 1 amide bonds. The zero-order chi connectivity index (χ0) is 23.6. The lowest BCUT2D eigenvalue weighted by atomic mass is 10.1. The number of amides is 1. The van der Waals surface area contributed by atoms with Crippen molar-refractivity contribution >= 4 is 5.91 Å². The van der Waals surface area contributed by atoms with Crippen molar-refractivity contribution in [2.45, 2.75) is 19.6 Å². The van der Waals surface area contributed by atoms with E-state index < -0.39 is 17.8 Å². The fourth-order valence-corrected chi connectivity index (χ4v) is 4.04. The highest BCUT2D eigenvalue weighted by atomic mass is 19.4. The van der Waals surface area contributed by atoms with E-state index in [1.54, 1.807) is 30.3 Å². The molecule has 3 aromatic rings. The van der Waals surface area contributed by atoms with Gasteiger partial charge in [-0.3, -0.25) is 4.79 Å². The van der Waals surface area contributed by atoms with Gasteiger partial charge in [0, 0.05) is 25.2 Å². The highest BCUT2D eigenvalue weighted by molar-refractivity contribution is 6.00. The number of hydrogen-bond donors (Lipinski definition) is 0. The van der Waals surface area contributed by atoms with E-state index in [1.165, 1.54) is 31.3 Å². The van der Waals surface area contributed by atoms with Crippen LogP contribution >= 0.6 is 0 Å². The molecule has 0 unspecified atom stereocenters. The predicted molar refractivity (Wildman–Crippen MR) is 114 cm³/mol. The molecule has 0 atom stereocenters. The number of nitrogens with zero attached hydrogens (tertiary/aromatic N) is 4. The minimum Gasteiger partial charge on any atom is -0.480 e. The Kier molecular flexibility index (Phi) is 6.37. The van der Waals surface area contributed by atoms with E-state index >= 15 is 0 Å². The summed E-state index contributed by atoms with van der Waals surface area (Å²) < 4.78 is 54.4. The fraction of sp³-hybridized carbons (Fsp3) is 0.348. The first-order valence-corrected chi connectivity index (χ1v) is 10.4. The average Bonchev–Trinajstić information content (AvgIpc) is 3.11. The lowest BCUT2D eigenvalue weighted by Gasteiger charge is -2.28. The highest BCUT2D eigenvalue weighted by Gasteiger charge is 2.42. The summed E-state index contributed by atoms with van der Waals surface area (Å²) in [4.78, 5) is 23.5. The van der Waals surface area contributed by atoms with Crippen LogP contribution in [0.4, 0.5) is 13.2 Å². The summed E-state index contributed by atoms with van der Waals surface area (Å²) in [5.41, 5.74) is -0.0938. The van der Waals surface area contributed by atoms with E-state index in [0.717, 1.165) is 4.57 Å². The molecule has 33 heavy (non-hydrogen) atoms. The summed E-state index contributed by atoms with van der Waals surface area (Å²) >= 11 is 0. The van der Waals surface area contributed by atoms with Crippen molar-refractivity contribution < 1.29 is 27.4 Å². The van der Waals surface area contributed by atoms with Crippen molar-refractivity contribution in [1.82, 2.24) is 19.4 Å². The standard InChI is InChI=1S/C23H23F3N4O3/c1-15-19(17-12-28-18(32-2)13-27-17)20(22(31)29-8-10-33-11-9-29)30(21(15)23(24,25)26)14-16-6-4-3-5-7-16/h3-7,12-13H,8-11,14H2,1-2H3. The van der Waals surface area contributed by atoms with Crippen LogP contribution < -0.4 is 4.74 Å².